The van der Waals surface area contributed by atoms with Crippen molar-refractivity contribution in [1.29, 1.82) is 5.26 Å². The lowest BCUT2D eigenvalue weighted by Crippen LogP contribution is -2.63. The number of hydrogen-bond acceptors (Lipinski definition) is 3. The van der Waals surface area contributed by atoms with Crippen molar-refractivity contribution in [2.24, 2.45) is 11.3 Å². The van der Waals surface area contributed by atoms with Crippen molar-refractivity contribution < 1.29 is 9.53 Å². The number of methoxy groups -OCH3 is 1. The Morgan fingerprint density at radius 2 is 2.11 bits per heavy atom. The number of aromatic amines is 1. The third-order valence-corrected chi connectivity index (χ3v) is 7.39. The van der Waals surface area contributed by atoms with Crippen LogP contribution in [-0.4, -0.2) is 35.0 Å². The maximum absolute atomic E-state index is 13.3. The minimum absolute atomic E-state index is 0.135. The van der Waals surface area contributed by atoms with Crippen molar-refractivity contribution in [2.75, 3.05) is 7.11 Å². The van der Waals surface area contributed by atoms with Gasteiger partial charge in [0.2, 0.25) is 5.91 Å². The van der Waals surface area contributed by atoms with Gasteiger partial charge < -0.3 is 14.6 Å². The molecular weight excluding hydrogens is 350 g/mol. The number of fused-ring (bicyclic) bond motifs is 1. The topological polar surface area (TPSA) is 69.1 Å². The zero-order valence-electron chi connectivity index (χ0n) is 16.6. The number of piperidine rings is 2. The molecule has 28 heavy (non-hydrogen) atoms. The second-order valence-electron chi connectivity index (χ2n) is 9.21. The molecular formula is C23H27N3O2. The van der Waals surface area contributed by atoms with Crippen LogP contribution in [0.15, 0.2) is 24.4 Å². The van der Waals surface area contributed by atoms with E-state index in [0.717, 1.165) is 48.8 Å². The van der Waals surface area contributed by atoms with E-state index < -0.39 is 0 Å². The highest BCUT2D eigenvalue weighted by Gasteiger charge is 2.55. The lowest BCUT2D eigenvalue weighted by Gasteiger charge is -2.59. The molecule has 5 heteroatoms. The van der Waals surface area contributed by atoms with Gasteiger partial charge >= 0.3 is 0 Å². The van der Waals surface area contributed by atoms with Crippen molar-refractivity contribution in [2.45, 2.75) is 63.5 Å². The van der Waals surface area contributed by atoms with Gasteiger partial charge in [0.05, 0.1) is 18.6 Å². The number of carbonyl (C=O) groups is 1. The number of H-pyrrole nitrogens is 1. The number of nitrogens with zero attached hydrogens (tertiary/aromatic N) is 2. The summed E-state index contributed by atoms with van der Waals surface area (Å²) in [5.74, 6) is 1.86. The third kappa shape index (κ3) is 2.62. The molecule has 1 aromatic heterocycles. The van der Waals surface area contributed by atoms with E-state index in [0.29, 0.717) is 12.3 Å². The lowest BCUT2D eigenvalue weighted by atomic mass is 9.56. The molecule has 3 atom stereocenters. The van der Waals surface area contributed by atoms with Gasteiger partial charge in [-0.05, 0) is 67.7 Å². The summed E-state index contributed by atoms with van der Waals surface area (Å²) in [6, 6.07) is 9.17. The minimum Gasteiger partial charge on any atom is -0.497 e. The molecule has 2 saturated heterocycles. The molecule has 3 heterocycles. The Morgan fingerprint density at radius 3 is 2.79 bits per heavy atom. The molecule has 2 aromatic rings. The number of carbonyl (C=O) groups excluding carboxylic acids is 1. The second-order valence-corrected chi connectivity index (χ2v) is 9.21. The van der Waals surface area contributed by atoms with Crippen molar-refractivity contribution in [3.05, 3.63) is 30.0 Å². The Labute approximate surface area is 165 Å². The Kier molecular flexibility index (Phi) is 3.94. The number of aromatic nitrogens is 1. The van der Waals surface area contributed by atoms with E-state index in [4.69, 9.17) is 4.74 Å². The van der Waals surface area contributed by atoms with Gasteiger partial charge in [-0.1, -0.05) is 6.92 Å². The molecule has 3 unspecified atom stereocenters. The van der Waals surface area contributed by atoms with E-state index in [1.54, 1.807) is 7.11 Å². The van der Waals surface area contributed by atoms with Crippen LogP contribution in [0.5, 0.6) is 5.75 Å². The Bertz CT molecular complexity index is 956. The maximum Gasteiger partial charge on any atom is 0.223 e. The van der Waals surface area contributed by atoms with Gasteiger partial charge in [0, 0.05) is 35.6 Å². The SMILES string of the molecule is COc1ccc2[nH]cc(C(C)CC(=O)N3C4CC5CC3CC(C#N)(C5)C4)c2c1. The van der Waals surface area contributed by atoms with Gasteiger partial charge in [-0.2, -0.15) is 5.26 Å². The fourth-order valence-corrected chi connectivity index (χ4v) is 6.30. The standard InChI is InChI=1S/C23H27N3O2/c1-14(20-12-25-21-4-3-18(28-2)8-19(20)21)5-22(27)26-16-6-15-7-17(26)11-23(9-15,10-16)13-24/h3-4,8,12,14-17,25H,5-7,9-11H2,1-2H3. The summed E-state index contributed by atoms with van der Waals surface area (Å²) >= 11 is 0. The van der Waals surface area contributed by atoms with Gasteiger partial charge in [-0.3, -0.25) is 4.79 Å². The predicted octanol–water partition coefficient (Wildman–Crippen LogP) is 4.35. The highest BCUT2D eigenvalue weighted by Crippen LogP contribution is 2.56. The van der Waals surface area contributed by atoms with Gasteiger partial charge in [-0.25, -0.2) is 0 Å². The summed E-state index contributed by atoms with van der Waals surface area (Å²) in [6.07, 6.45) is 7.52. The zero-order valence-corrected chi connectivity index (χ0v) is 16.6. The van der Waals surface area contributed by atoms with E-state index in [1.165, 1.54) is 5.56 Å². The smallest absolute Gasteiger partial charge is 0.223 e. The highest BCUT2D eigenvalue weighted by atomic mass is 16.5. The fourth-order valence-electron chi connectivity index (χ4n) is 6.30. The molecule has 4 bridgehead atoms. The lowest BCUT2D eigenvalue weighted by molar-refractivity contribution is -0.153. The first-order chi connectivity index (χ1) is 13.5. The predicted molar refractivity (Wildman–Crippen MR) is 107 cm³/mol. The number of amides is 1. The normalized spacial score (nSPS) is 31.8. The van der Waals surface area contributed by atoms with Gasteiger partial charge in [-0.15, -0.1) is 0 Å². The van der Waals surface area contributed by atoms with Crippen LogP contribution in [0, 0.1) is 22.7 Å². The van der Waals surface area contributed by atoms with E-state index >= 15 is 0 Å². The Morgan fingerprint density at radius 1 is 1.36 bits per heavy atom. The van der Waals surface area contributed by atoms with E-state index in [-0.39, 0.29) is 29.3 Å². The number of rotatable bonds is 4. The zero-order chi connectivity index (χ0) is 19.5. The molecule has 0 radical (unpaired) electrons. The largest absolute Gasteiger partial charge is 0.497 e. The van der Waals surface area contributed by atoms with Crippen LogP contribution >= 0.6 is 0 Å². The van der Waals surface area contributed by atoms with Crippen molar-refractivity contribution >= 4 is 16.8 Å². The first-order valence-corrected chi connectivity index (χ1v) is 10.4. The molecule has 2 saturated carbocycles. The molecule has 4 fully saturated rings. The van der Waals surface area contributed by atoms with Gasteiger partial charge in [0.25, 0.3) is 0 Å². The van der Waals surface area contributed by atoms with Crippen LogP contribution in [0.4, 0.5) is 0 Å². The van der Waals surface area contributed by atoms with Gasteiger partial charge in [0.15, 0.2) is 0 Å². The molecule has 1 N–H and O–H groups in total. The van der Waals surface area contributed by atoms with Crippen LogP contribution in [0.1, 0.15) is 56.9 Å². The quantitative estimate of drug-likeness (QED) is 0.861. The van der Waals surface area contributed by atoms with E-state index in [2.05, 4.69) is 22.9 Å². The molecule has 2 aliphatic heterocycles. The summed E-state index contributed by atoms with van der Waals surface area (Å²) in [7, 11) is 1.67. The number of nitriles is 1. The minimum atomic E-state index is -0.160. The van der Waals surface area contributed by atoms with E-state index in [1.807, 2.05) is 24.4 Å². The van der Waals surface area contributed by atoms with E-state index in [9.17, 15) is 10.1 Å². The number of benzene rings is 1. The van der Waals surface area contributed by atoms with Gasteiger partial charge in [0.1, 0.15) is 5.75 Å². The van der Waals surface area contributed by atoms with Crippen molar-refractivity contribution in [3.8, 4) is 11.8 Å². The fraction of sp³-hybridized carbons (Fsp3) is 0.565. The number of hydrogen-bond donors (Lipinski definition) is 1. The summed E-state index contributed by atoms with van der Waals surface area (Å²) in [4.78, 5) is 18.8. The Hall–Kier alpha value is -2.48. The van der Waals surface area contributed by atoms with Crippen LogP contribution < -0.4 is 4.74 Å². The van der Waals surface area contributed by atoms with Crippen molar-refractivity contribution in [1.82, 2.24) is 9.88 Å². The summed E-state index contributed by atoms with van der Waals surface area (Å²) < 4.78 is 5.37. The van der Waals surface area contributed by atoms with Crippen LogP contribution in [0.25, 0.3) is 10.9 Å². The maximum atomic E-state index is 13.3. The monoisotopic (exact) mass is 377 g/mol. The van der Waals surface area contributed by atoms with Crippen LogP contribution in [0.3, 0.4) is 0 Å². The van der Waals surface area contributed by atoms with Crippen molar-refractivity contribution in [3.63, 3.8) is 0 Å². The highest BCUT2D eigenvalue weighted by molar-refractivity contribution is 5.86. The summed E-state index contributed by atoms with van der Waals surface area (Å²) in [5, 5.41) is 10.8. The molecule has 146 valence electrons. The number of nitrogens with one attached hydrogen (secondary N) is 1. The number of ether oxygens (including phenoxy) is 1. The molecule has 1 aromatic carbocycles. The Balaban J connectivity index is 1.36. The second kappa shape index (κ2) is 6.27. The average Bonchev–Trinajstić information content (AvgIpc) is 3.10. The summed E-state index contributed by atoms with van der Waals surface area (Å²) in [6.45, 7) is 2.13. The molecule has 1 amide bonds. The molecule has 6 rings (SSSR count). The molecule has 4 aliphatic rings. The average molecular weight is 377 g/mol. The van der Waals surface area contributed by atoms with Crippen LogP contribution in [-0.2, 0) is 4.79 Å². The molecule has 0 spiro atoms. The first-order valence-electron chi connectivity index (χ1n) is 10.4. The first kappa shape index (κ1) is 17.6. The third-order valence-electron chi connectivity index (χ3n) is 7.39. The van der Waals surface area contributed by atoms with Crippen LogP contribution in [0.2, 0.25) is 0 Å². The molecule has 2 aliphatic carbocycles. The summed E-state index contributed by atoms with van der Waals surface area (Å²) in [5.41, 5.74) is 2.08. The molecule has 5 nitrogen and oxygen atoms in total.